The number of nitrogens with one attached hydrogen (secondary N) is 1. The number of hydrogen-bond donors (Lipinski definition) is 2. The SMILES string of the molecule is Nc1cccc(Cl)c1C(=O)NC1CCCS(=O)(=O)C1. The first-order valence-electron chi connectivity index (χ1n) is 5.94. The van der Waals surface area contributed by atoms with E-state index < -0.39 is 15.7 Å². The number of rotatable bonds is 2. The third-order valence-corrected chi connectivity index (χ3v) is 5.21. The Kier molecular flexibility index (Phi) is 4.01. The van der Waals surface area contributed by atoms with Gasteiger partial charge in [0, 0.05) is 11.7 Å². The zero-order valence-electron chi connectivity index (χ0n) is 10.2. The summed E-state index contributed by atoms with van der Waals surface area (Å²) in [5.41, 5.74) is 6.20. The highest BCUT2D eigenvalue weighted by molar-refractivity contribution is 7.91. The Morgan fingerprint density at radius 2 is 2.16 bits per heavy atom. The quantitative estimate of drug-likeness (QED) is 0.804. The number of nitrogen functional groups attached to an aromatic ring is 1. The van der Waals surface area contributed by atoms with E-state index in [0.29, 0.717) is 12.8 Å². The number of nitrogens with two attached hydrogens (primary N) is 1. The van der Waals surface area contributed by atoms with Crippen LogP contribution in [-0.4, -0.2) is 31.9 Å². The molecule has 0 radical (unpaired) electrons. The summed E-state index contributed by atoms with van der Waals surface area (Å²) in [7, 11) is -3.06. The largest absolute Gasteiger partial charge is 0.398 e. The van der Waals surface area contributed by atoms with Gasteiger partial charge in [-0.2, -0.15) is 0 Å². The van der Waals surface area contributed by atoms with Crippen LogP contribution >= 0.6 is 11.6 Å². The monoisotopic (exact) mass is 302 g/mol. The zero-order chi connectivity index (χ0) is 14.0. The van der Waals surface area contributed by atoms with Crippen LogP contribution in [0.3, 0.4) is 0 Å². The van der Waals surface area contributed by atoms with Gasteiger partial charge in [0.15, 0.2) is 9.84 Å². The lowest BCUT2D eigenvalue weighted by Gasteiger charge is -2.23. The highest BCUT2D eigenvalue weighted by Gasteiger charge is 2.27. The van der Waals surface area contributed by atoms with Crippen molar-refractivity contribution in [2.45, 2.75) is 18.9 Å². The minimum Gasteiger partial charge on any atom is -0.398 e. The Hall–Kier alpha value is -1.27. The van der Waals surface area contributed by atoms with E-state index in [1.54, 1.807) is 18.2 Å². The number of anilines is 1. The Labute approximate surface area is 117 Å². The van der Waals surface area contributed by atoms with Crippen LogP contribution in [0.5, 0.6) is 0 Å². The third kappa shape index (κ3) is 3.39. The summed E-state index contributed by atoms with van der Waals surface area (Å²) in [4.78, 5) is 12.1. The number of halogens is 1. The van der Waals surface area contributed by atoms with Gasteiger partial charge in [0.05, 0.1) is 22.1 Å². The minimum atomic E-state index is -3.06. The molecule has 1 amide bonds. The van der Waals surface area contributed by atoms with Crippen LogP contribution in [-0.2, 0) is 9.84 Å². The van der Waals surface area contributed by atoms with Crippen LogP contribution in [0.1, 0.15) is 23.2 Å². The van der Waals surface area contributed by atoms with E-state index >= 15 is 0 Å². The van der Waals surface area contributed by atoms with Crippen molar-refractivity contribution in [3.05, 3.63) is 28.8 Å². The Bertz CT molecular complexity index is 581. The van der Waals surface area contributed by atoms with Crippen LogP contribution in [0, 0.1) is 0 Å². The van der Waals surface area contributed by atoms with Gasteiger partial charge >= 0.3 is 0 Å². The molecule has 1 aliphatic rings. The Balaban J connectivity index is 2.13. The molecule has 3 N–H and O–H groups in total. The molecule has 0 spiro atoms. The molecule has 0 bridgehead atoms. The zero-order valence-corrected chi connectivity index (χ0v) is 11.8. The molecule has 7 heteroatoms. The van der Waals surface area contributed by atoms with Crippen molar-refractivity contribution >= 4 is 33.0 Å². The van der Waals surface area contributed by atoms with Crippen LogP contribution in [0.15, 0.2) is 18.2 Å². The van der Waals surface area contributed by atoms with Gasteiger partial charge in [-0.05, 0) is 25.0 Å². The first-order valence-corrected chi connectivity index (χ1v) is 8.14. The normalized spacial score (nSPS) is 21.8. The molecule has 1 aromatic rings. The molecule has 1 atom stereocenters. The molecule has 104 valence electrons. The second-order valence-electron chi connectivity index (χ2n) is 4.63. The van der Waals surface area contributed by atoms with Crippen LogP contribution in [0.25, 0.3) is 0 Å². The third-order valence-electron chi connectivity index (χ3n) is 3.07. The van der Waals surface area contributed by atoms with E-state index in [0.717, 1.165) is 0 Å². The van der Waals surface area contributed by atoms with E-state index in [2.05, 4.69) is 5.32 Å². The lowest BCUT2D eigenvalue weighted by molar-refractivity contribution is 0.0939. The molecule has 1 saturated heterocycles. The van der Waals surface area contributed by atoms with Gasteiger partial charge in [0.1, 0.15) is 0 Å². The van der Waals surface area contributed by atoms with Gasteiger partial charge in [-0.1, -0.05) is 17.7 Å². The van der Waals surface area contributed by atoms with Gasteiger partial charge in [0.25, 0.3) is 5.91 Å². The topological polar surface area (TPSA) is 89.3 Å². The first kappa shape index (κ1) is 14.1. The van der Waals surface area contributed by atoms with E-state index in [1.807, 2.05) is 0 Å². The molecular weight excluding hydrogens is 288 g/mol. The number of hydrogen-bond acceptors (Lipinski definition) is 4. The van der Waals surface area contributed by atoms with Crippen molar-refractivity contribution in [2.24, 2.45) is 0 Å². The summed E-state index contributed by atoms with van der Waals surface area (Å²) < 4.78 is 23.0. The van der Waals surface area contributed by atoms with E-state index in [4.69, 9.17) is 17.3 Å². The predicted octanol–water partition coefficient (Wildman–Crippen LogP) is 1.23. The van der Waals surface area contributed by atoms with Gasteiger partial charge in [-0.3, -0.25) is 4.79 Å². The van der Waals surface area contributed by atoms with E-state index in [9.17, 15) is 13.2 Å². The standard InChI is InChI=1S/C12H15ClN2O3S/c13-9-4-1-5-10(14)11(9)12(16)15-8-3-2-6-19(17,18)7-8/h1,4-5,8H,2-3,6-7,14H2,(H,15,16). The fourth-order valence-corrected chi connectivity index (χ4v) is 4.08. The molecule has 0 saturated carbocycles. The van der Waals surface area contributed by atoms with E-state index in [1.165, 1.54) is 0 Å². The molecule has 0 aromatic heterocycles. The molecule has 0 aliphatic carbocycles. The van der Waals surface area contributed by atoms with Crippen molar-refractivity contribution < 1.29 is 13.2 Å². The van der Waals surface area contributed by atoms with Gasteiger partial charge in [-0.15, -0.1) is 0 Å². The average Bonchev–Trinajstić information content (AvgIpc) is 2.27. The molecule has 1 fully saturated rings. The minimum absolute atomic E-state index is 0.0247. The summed E-state index contributed by atoms with van der Waals surface area (Å²) in [6.07, 6.45) is 1.21. The molecule has 1 unspecified atom stereocenters. The highest BCUT2D eigenvalue weighted by atomic mass is 35.5. The maximum absolute atomic E-state index is 12.1. The van der Waals surface area contributed by atoms with Crippen LogP contribution < -0.4 is 11.1 Å². The Morgan fingerprint density at radius 3 is 2.79 bits per heavy atom. The van der Waals surface area contributed by atoms with Crippen molar-refractivity contribution in [3.63, 3.8) is 0 Å². The van der Waals surface area contributed by atoms with Gasteiger partial charge in [-0.25, -0.2) is 8.42 Å². The molecule has 5 nitrogen and oxygen atoms in total. The number of carbonyl (C=O) groups is 1. The molecule has 1 aromatic carbocycles. The second-order valence-corrected chi connectivity index (χ2v) is 7.27. The van der Waals surface area contributed by atoms with Crippen LogP contribution in [0.2, 0.25) is 5.02 Å². The summed E-state index contributed by atoms with van der Waals surface area (Å²) in [6, 6.07) is 4.43. The molecule has 1 heterocycles. The summed E-state index contributed by atoms with van der Waals surface area (Å²) in [5.74, 6) is -0.262. The second kappa shape index (κ2) is 5.38. The number of carbonyl (C=O) groups excluding carboxylic acids is 1. The van der Waals surface area contributed by atoms with Crippen molar-refractivity contribution in [2.75, 3.05) is 17.2 Å². The molecule has 19 heavy (non-hydrogen) atoms. The van der Waals surface area contributed by atoms with Crippen molar-refractivity contribution in [3.8, 4) is 0 Å². The number of amides is 1. The fraction of sp³-hybridized carbons (Fsp3) is 0.417. The van der Waals surface area contributed by atoms with Crippen LogP contribution in [0.4, 0.5) is 5.69 Å². The van der Waals surface area contributed by atoms with E-state index in [-0.39, 0.29) is 33.8 Å². The van der Waals surface area contributed by atoms with Crippen molar-refractivity contribution in [1.29, 1.82) is 0 Å². The average molecular weight is 303 g/mol. The maximum Gasteiger partial charge on any atom is 0.255 e. The molecular formula is C12H15ClN2O3S. The lowest BCUT2D eigenvalue weighted by atomic mass is 10.1. The number of sulfone groups is 1. The molecule has 1 aliphatic heterocycles. The Morgan fingerprint density at radius 1 is 1.42 bits per heavy atom. The summed E-state index contributed by atoms with van der Waals surface area (Å²) in [5, 5.41) is 2.95. The lowest BCUT2D eigenvalue weighted by Crippen LogP contribution is -2.43. The maximum atomic E-state index is 12.1. The summed E-state index contributed by atoms with van der Waals surface area (Å²) in [6.45, 7) is 0. The summed E-state index contributed by atoms with van der Waals surface area (Å²) >= 11 is 5.94. The van der Waals surface area contributed by atoms with Crippen molar-refractivity contribution in [1.82, 2.24) is 5.32 Å². The smallest absolute Gasteiger partial charge is 0.255 e. The number of benzene rings is 1. The fourth-order valence-electron chi connectivity index (χ4n) is 2.17. The highest BCUT2D eigenvalue weighted by Crippen LogP contribution is 2.22. The van der Waals surface area contributed by atoms with Gasteiger partial charge < -0.3 is 11.1 Å². The molecule has 2 rings (SSSR count). The predicted molar refractivity (Wildman–Crippen MR) is 75.0 cm³/mol. The van der Waals surface area contributed by atoms with Gasteiger partial charge in [0.2, 0.25) is 0 Å². The first-order chi connectivity index (χ1) is 8.89.